The van der Waals surface area contributed by atoms with Gasteiger partial charge in [-0.1, -0.05) is 0 Å². The predicted molar refractivity (Wildman–Crippen MR) is 78.8 cm³/mol. The average Bonchev–Trinajstić information content (AvgIpc) is 2.79. The first-order valence-electron chi connectivity index (χ1n) is 6.92. The van der Waals surface area contributed by atoms with Crippen LogP contribution in [0.5, 0.6) is 0 Å². The number of likely N-dealkylation sites (N-methyl/N-ethyl adjacent to an activating group) is 1. The van der Waals surface area contributed by atoms with Crippen molar-refractivity contribution < 1.29 is 9.59 Å². The number of aromatic amines is 1. The van der Waals surface area contributed by atoms with E-state index in [2.05, 4.69) is 10.2 Å². The van der Waals surface area contributed by atoms with E-state index < -0.39 is 0 Å². The molecule has 1 aliphatic rings. The van der Waals surface area contributed by atoms with E-state index in [4.69, 9.17) is 5.73 Å². The molecule has 1 aromatic rings. The summed E-state index contributed by atoms with van der Waals surface area (Å²) in [6, 6.07) is 0. The van der Waals surface area contributed by atoms with Crippen LogP contribution in [0.2, 0.25) is 0 Å². The summed E-state index contributed by atoms with van der Waals surface area (Å²) in [6.45, 7) is 4.67. The van der Waals surface area contributed by atoms with E-state index >= 15 is 0 Å². The molecule has 2 rings (SSSR count). The molecule has 0 radical (unpaired) electrons. The van der Waals surface area contributed by atoms with Crippen LogP contribution in [-0.2, 0) is 4.79 Å². The average molecular weight is 294 g/mol. The Labute approximate surface area is 123 Å². The fourth-order valence-electron chi connectivity index (χ4n) is 2.19. The number of nitrogens with two attached hydrogens (primary N) is 1. The first-order chi connectivity index (χ1) is 9.90. The van der Waals surface area contributed by atoms with Crippen LogP contribution in [0.4, 0.5) is 5.69 Å². The summed E-state index contributed by atoms with van der Waals surface area (Å²) in [5.41, 5.74) is 7.23. The largest absolute Gasteiger partial charge is 0.395 e. The number of aromatic nitrogens is 2. The lowest BCUT2D eigenvalue weighted by atomic mass is 10.2. The van der Waals surface area contributed by atoms with Crippen molar-refractivity contribution in [3.05, 3.63) is 11.4 Å². The van der Waals surface area contributed by atoms with Crippen molar-refractivity contribution in [3.8, 4) is 0 Å². The maximum Gasteiger partial charge on any atom is 0.276 e. The molecule has 1 aliphatic heterocycles. The number of aryl methyl sites for hydroxylation is 1. The van der Waals surface area contributed by atoms with Crippen LogP contribution in [0.25, 0.3) is 0 Å². The van der Waals surface area contributed by atoms with Crippen LogP contribution < -0.4 is 5.73 Å². The Morgan fingerprint density at radius 1 is 1.29 bits per heavy atom. The highest BCUT2D eigenvalue weighted by molar-refractivity contribution is 5.97. The molecule has 2 heterocycles. The van der Waals surface area contributed by atoms with Gasteiger partial charge in [-0.15, -0.1) is 0 Å². The molecule has 3 N–H and O–H groups in total. The van der Waals surface area contributed by atoms with Crippen molar-refractivity contribution in [1.82, 2.24) is 24.9 Å². The Kier molecular flexibility index (Phi) is 4.46. The molecule has 0 bridgehead atoms. The van der Waals surface area contributed by atoms with E-state index in [0.717, 1.165) is 0 Å². The number of anilines is 1. The van der Waals surface area contributed by atoms with Crippen LogP contribution in [0, 0.1) is 6.92 Å². The minimum absolute atomic E-state index is 0.0712. The van der Waals surface area contributed by atoms with Crippen molar-refractivity contribution in [2.45, 2.75) is 6.92 Å². The molecule has 1 fully saturated rings. The number of carbonyl (C=O) groups is 2. The molecule has 0 atom stereocenters. The number of carbonyl (C=O) groups excluding carboxylic acids is 2. The Hall–Kier alpha value is -2.09. The monoisotopic (exact) mass is 294 g/mol. The Morgan fingerprint density at radius 3 is 2.38 bits per heavy atom. The van der Waals surface area contributed by atoms with Gasteiger partial charge in [0.2, 0.25) is 5.91 Å². The summed E-state index contributed by atoms with van der Waals surface area (Å²) in [5, 5.41) is 6.69. The second-order valence-corrected chi connectivity index (χ2v) is 5.47. The molecule has 1 saturated heterocycles. The first-order valence-corrected chi connectivity index (χ1v) is 6.92. The van der Waals surface area contributed by atoms with Crippen molar-refractivity contribution in [3.63, 3.8) is 0 Å². The van der Waals surface area contributed by atoms with Crippen LogP contribution in [-0.4, -0.2) is 83.5 Å². The molecule has 0 aliphatic carbocycles. The molecule has 1 aromatic heterocycles. The number of nitrogen functional groups attached to an aromatic ring is 1. The zero-order chi connectivity index (χ0) is 15.6. The summed E-state index contributed by atoms with van der Waals surface area (Å²) in [5.74, 6) is -0.0858. The van der Waals surface area contributed by atoms with Gasteiger partial charge in [0.15, 0.2) is 5.69 Å². The molecule has 0 unspecified atom stereocenters. The van der Waals surface area contributed by atoms with E-state index in [1.807, 2.05) is 4.90 Å². The summed E-state index contributed by atoms with van der Waals surface area (Å²) < 4.78 is 0. The molecule has 21 heavy (non-hydrogen) atoms. The van der Waals surface area contributed by atoms with Gasteiger partial charge in [0.25, 0.3) is 5.91 Å². The number of amides is 2. The number of hydrogen-bond donors (Lipinski definition) is 2. The van der Waals surface area contributed by atoms with Gasteiger partial charge in [0, 0.05) is 40.3 Å². The van der Waals surface area contributed by atoms with Crippen LogP contribution >= 0.6 is 0 Å². The molecular weight excluding hydrogens is 272 g/mol. The van der Waals surface area contributed by atoms with E-state index in [0.29, 0.717) is 44.1 Å². The zero-order valence-electron chi connectivity index (χ0n) is 12.7. The first kappa shape index (κ1) is 15.3. The number of piperazine rings is 1. The van der Waals surface area contributed by atoms with Gasteiger partial charge in [0.05, 0.1) is 17.9 Å². The van der Waals surface area contributed by atoms with Crippen molar-refractivity contribution in [2.75, 3.05) is 52.6 Å². The van der Waals surface area contributed by atoms with Gasteiger partial charge in [-0.05, 0) is 6.92 Å². The second-order valence-electron chi connectivity index (χ2n) is 5.47. The molecule has 0 spiro atoms. The third kappa shape index (κ3) is 3.33. The predicted octanol–water partition coefficient (Wildman–Crippen LogP) is -0.854. The van der Waals surface area contributed by atoms with Gasteiger partial charge in [-0.2, -0.15) is 5.10 Å². The van der Waals surface area contributed by atoms with E-state index in [9.17, 15) is 9.59 Å². The minimum atomic E-state index is -0.157. The molecule has 0 saturated carbocycles. The molecule has 8 heteroatoms. The highest BCUT2D eigenvalue weighted by atomic mass is 16.2. The van der Waals surface area contributed by atoms with Crippen molar-refractivity contribution in [2.24, 2.45) is 0 Å². The van der Waals surface area contributed by atoms with Gasteiger partial charge in [-0.25, -0.2) is 0 Å². The second kappa shape index (κ2) is 6.13. The standard InChI is InChI=1S/C13H22N6O2/c1-9-11(14)12(16-15-9)13(21)19-6-4-18(5-7-19)8-10(20)17(2)3/h4-8,14H2,1-3H3,(H,15,16). The minimum Gasteiger partial charge on any atom is -0.395 e. The topological polar surface area (TPSA) is 98.6 Å². The van der Waals surface area contributed by atoms with E-state index in [-0.39, 0.29) is 17.5 Å². The summed E-state index contributed by atoms with van der Waals surface area (Å²) in [4.78, 5) is 29.4. The molecular formula is C13H22N6O2. The van der Waals surface area contributed by atoms with Crippen molar-refractivity contribution in [1.29, 1.82) is 0 Å². The van der Waals surface area contributed by atoms with Crippen LogP contribution in [0.15, 0.2) is 0 Å². The highest BCUT2D eigenvalue weighted by Crippen LogP contribution is 2.16. The number of nitrogens with zero attached hydrogens (tertiary/aromatic N) is 4. The fraction of sp³-hybridized carbons (Fsp3) is 0.615. The van der Waals surface area contributed by atoms with Gasteiger partial charge in [0.1, 0.15) is 0 Å². The Morgan fingerprint density at radius 2 is 1.90 bits per heavy atom. The van der Waals surface area contributed by atoms with Crippen LogP contribution in [0.1, 0.15) is 16.2 Å². The zero-order valence-corrected chi connectivity index (χ0v) is 12.7. The lowest BCUT2D eigenvalue weighted by Crippen LogP contribution is -2.51. The van der Waals surface area contributed by atoms with Gasteiger partial charge < -0.3 is 15.5 Å². The SMILES string of the molecule is Cc1[nH]nc(C(=O)N2CCN(CC(=O)N(C)C)CC2)c1N. The maximum atomic E-state index is 12.3. The smallest absolute Gasteiger partial charge is 0.276 e. The Balaban J connectivity index is 1.91. The molecule has 8 nitrogen and oxygen atoms in total. The van der Waals surface area contributed by atoms with E-state index in [1.165, 1.54) is 0 Å². The summed E-state index contributed by atoms with van der Waals surface area (Å²) in [6.07, 6.45) is 0. The Bertz CT molecular complexity index is 531. The lowest BCUT2D eigenvalue weighted by Gasteiger charge is -2.34. The number of H-pyrrole nitrogens is 1. The summed E-state index contributed by atoms with van der Waals surface area (Å²) >= 11 is 0. The molecule has 116 valence electrons. The fourth-order valence-corrected chi connectivity index (χ4v) is 2.19. The number of rotatable bonds is 3. The quantitative estimate of drug-likeness (QED) is 0.756. The van der Waals surface area contributed by atoms with Crippen LogP contribution in [0.3, 0.4) is 0 Å². The number of hydrogen-bond acceptors (Lipinski definition) is 5. The highest BCUT2D eigenvalue weighted by Gasteiger charge is 2.26. The van der Waals surface area contributed by atoms with Gasteiger partial charge in [-0.3, -0.25) is 19.6 Å². The van der Waals surface area contributed by atoms with E-state index in [1.54, 1.807) is 30.8 Å². The third-order valence-electron chi connectivity index (χ3n) is 3.71. The number of nitrogens with one attached hydrogen (secondary N) is 1. The third-order valence-corrected chi connectivity index (χ3v) is 3.71. The van der Waals surface area contributed by atoms with Gasteiger partial charge >= 0.3 is 0 Å². The normalized spacial score (nSPS) is 16.0. The maximum absolute atomic E-state index is 12.3. The molecule has 2 amide bonds. The van der Waals surface area contributed by atoms with Crippen molar-refractivity contribution >= 4 is 17.5 Å². The summed E-state index contributed by atoms with van der Waals surface area (Å²) in [7, 11) is 3.48. The lowest BCUT2D eigenvalue weighted by molar-refractivity contribution is -0.130. The molecule has 0 aromatic carbocycles.